The average molecular weight is 528 g/mol. The Kier molecular flexibility index (Phi) is 8.15. The van der Waals surface area contributed by atoms with Gasteiger partial charge in [-0.25, -0.2) is 0 Å². The molecule has 4 aromatic rings. The second kappa shape index (κ2) is 12.1. The summed E-state index contributed by atoms with van der Waals surface area (Å²) in [6.07, 6.45) is 5.29. The number of carbonyl (C=O) groups is 1. The first-order valence-electron chi connectivity index (χ1n) is 12.9. The summed E-state index contributed by atoms with van der Waals surface area (Å²) < 4.78 is 0. The van der Waals surface area contributed by atoms with Crippen molar-refractivity contribution in [3.63, 3.8) is 0 Å². The number of rotatable bonds is 9. The van der Waals surface area contributed by atoms with E-state index in [0.717, 1.165) is 40.8 Å². The standard InChI is InChI=1S/C29H33N7OS/c1-36-16-5-8-23(36)12-15-32-29(30)35-22-7-4-6-21(18-22)34-28(37)27-26(13-17-38-27)33-19-20-11-14-31-25-10-3-2-9-24(20)25/h2-4,6-7,9-11,13-14,17-18,23,33H,5,8,12,15-16,19H2,1H3,(H,34,37)(H3,30,32,35). The summed E-state index contributed by atoms with van der Waals surface area (Å²) in [7, 11) is 2.17. The lowest BCUT2D eigenvalue weighted by Gasteiger charge is -2.18. The van der Waals surface area contributed by atoms with E-state index in [9.17, 15) is 4.79 Å². The van der Waals surface area contributed by atoms with E-state index in [4.69, 9.17) is 5.73 Å². The second-order valence-corrected chi connectivity index (χ2v) is 10.4. The first kappa shape index (κ1) is 25.7. The molecule has 0 aliphatic carbocycles. The molecule has 9 heteroatoms. The summed E-state index contributed by atoms with van der Waals surface area (Å²) in [4.78, 5) is 25.0. The van der Waals surface area contributed by atoms with E-state index in [2.05, 4.69) is 43.9 Å². The summed E-state index contributed by atoms with van der Waals surface area (Å²) in [6.45, 7) is 2.44. The molecule has 196 valence electrons. The van der Waals surface area contributed by atoms with Crippen molar-refractivity contribution < 1.29 is 4.79 Å². The van der Waals surface area contributed by atoms with Crippen molar-refractivity contribution in [1.82, 2.24) is 9.88 Å². The fraction of sp³-hybridized carbons (Fsp3) is 0.276. The van der Waals surface area contributed by atoms with Crippen LogP contribution in [0.25, 0.3) is 10.9 Å². The number of amides is 1. The van der Waals surface area contributed by atoms with Crippen LogP contribution in [-0.4, -0.2) is 47.9 Å². The van der Waals surface area contributed by atoms with Crippen LogP contribution in [0.15, 0.2) is 77.2 Å². The number of likely N-dealkylation sites (tertiary alicyclic amines) is 1. The number of carbonyl (C=O) groups excluding carboxylic acids is 1. The average Bonchev–Trinajstić information content (AvgIpc) is 3.56. The lowest BCUT2D eigenvalue weighted by molar-refractivity contribution is 0.103. The van der Waals surface area contributed by atoms with Gasteiger partial charge in [0.25, 0.3) is 5.91 Å². The van der Waals surface area contributed by atoms with Crippen LogP contribution in [0.3, 0.4) is 0 Å². The first-order valence-corrected chi connectivity index (χ1v) is 13.8. The highest BCUT2D eigenvalue weighted by atomic mass is 32.1. The van der Waals surface area contributed by atoms with Gasteiger partial charge in [0.15, 0.2) is 5.96 Å². The number of nitrogens with two attached hydrogens (primary N) is 1. The fourth-order valence-corrected chi connectivity index (χ4v) is 5.62. The van der Waals surface area contributed by atoms with Gasteiger partial charge in [-0.15, -0.1) is 11.3 Å². The number of benzene rings is 2. The van der Waals surface area contributed by atoms with E-state index < -0.39 is 0 Å². The summed E-state index contributed by atoms with van der Waals surface area (Å²) in [5.74, 6) is 0.212. The van der Waals surface area contributed by atoms with E-state index in [1.807, 2.05) is 66.2 Å². The molecule has 3 heterocycles. The zero-order chi connectivity index (χ0) is 26.3. The second-order valence-electron chi connectivity index (χ2n) is 9.50. The number of pyridine rings is 1. The van der Waals surface area contributed by atoms with E-state index >= 15 is 0 Å². The van der Waals surface area contributed by atoms with Gasteiger partial charge in [0, 0.05) is 42.1 Å². The molecule has 1 saturated heterocycles. The molecule has 5 rings (SSSR count). The molecular formula is C29H33N7OS. The molecule has 2 aromatic heterocycles. The van der Waals surface area contributed by atoms with Gasteiger partial charge in [-0.05, 0) is 80.2 Å². The monoisotopic (exact) mass is 527 g/mol. The number of aliphatic imine (C=N–C) groups is 1. The largest absolute Gasteiger partial charge is 0.380 e. The van der Waals surface area contributed by atoms with Gasteiger partial charge < -0.3 is 26.6 Å². The highest BCUT2D eigenvalue weighted by molar-refractivity contribution is 7.12. The van der Waals surface area contributed by atoms with Crippen molar-refractivity contribution in [3.8, 4) is 0 Å². The van der Waals surface area contributed by atoms with Crippen LogP contribution in [0.4, 0.5) is 17.1 Å². The molecule has 5 N–H and O–H groups in total. The third-order valence-electron chi connectivity index (χ3n) is 6.89. The Bertz CT molecular complexity index is 1430. The molecule has 1 aliphatic heterocycles. The molecule has 0 spiro atoms. The van der Waals surface area contributed by atoms with Gasteiger partial charge in [0.1, 0.15) is 4.88 Å². The Morgan fingerprint density at radius 1 is 1.13 bits per heavy atom. The van der Waals surface area contributed by atoms with Crippen LogP contribution >= 0.6 is 11.3 Å². The molecule has 1 aliphatic rings. The molecule has 8 nitrogen and oxygen atoms in total. The van der Waals surface area contributed by atoms with Crippen LogP contribution < -0.4 is 21.7 Å². The summed E-state index contributed by atoms with van der Waals surface area (Å²) in [5, 5.41) is 12.6. The van der Waals surface area contributed by atoms with Crippen LogP contribution in [-0.2, 0) is 6.54 Å². The fourth-order valence-electron chi connectivity index (χ4n) is 4.85. The van der Waals surface area contributed by atoms with Gasteiger partial charge in [-0.2, -0.15) is 0 Å². The maximum absolute atomic E-state index is 13.1. The number of guanidine groups is 1. The highest BCUT2D eigenvalue weighted by Crippen LogP contribution is 2.26. The number of nitrogens with zero attached hydrogens (tertiary/aromatic N) is 3. The van der Waals surface area contributed by atoms with Crippen LogP contribution in [0, 0.1) is 0 Å². The Hall–Kier alpha value is -3.95. The quantitative estimate of drug-likeness (QED) is 0.172. The van der Waals surface area contributed by atoms with Gasteiger partial charge >= 0.3 is 0 Å². The molecule has 1 unspecified atom stereocenters. The number of thiophene rings is 1. The minimum atomic E-state index is -0.165. The minimum absolute atomic E-state index is 0.165. The van der Waals surface area contributed by atoms with Gasteiger partial charge in [-0.3, -0.25) is 14.8 Å². The smallest absolute Gasteiger partial charge is 0.267 e. The maximum Gasteiger partial charge on any atom is 0.267 e. The molecule has 0 saturated carbocycles. The maximum atomic E-state index is 13.1. The van der Waals surface area contributed by atoms with Crippen molar-refractivity contribution in [2.75, 3.05) is 36.1 Å². The van der Waals surface area contributed by atoms with E-state index in [1.54, 1.807) is 0 Å². The zero-order valence-corrected chi connectivity index (χ0v) is 22.3. The predicted octanol–water partition coefficient (Wildman–Crippen LogP) is 5.37. The highest BCUT2D eigenvalue weighted by Gasteiger charge is 2.20. The number of nitrogens with one attached hydrogen (secondary N) is 3. The number of aromatic nitrogens is 1. The van der Waals surface area contributed by atoms with Crippen LogP contribution in [0.2, 0.25) is 0 Å². The third-order valence-corrected chi connectivity index (χ3v) is 7.80. The zero-order valence-electron chi connectivity index (χ0n) is 21.5. The molecule has 2 aromatic carbocycles. The predicted molar refractivity (Wildman–Crippen MR) is 158 cm³/mol. The van der Waals surface area contributed by atoms with Crippen LogP contribution in [0.1, 0.15) is 34.5 Å². The number of para-hydroxylation sites is 1. The Morgan fingerprint density at radius 3 is 2.82 bits per heavy atom. The third kappa shape index (κ3) is 6.30. The van der Waals surface area contributed by atoms with E-state index in [1.165, 1.54) is 24.2 Å². The lowest BCUT2D eigenvalue weighted by Crippen LogP contribution is -2.27. The van der Waals surface area contributed by atoms with Crippen LogP contribution in [0.5, 0.6) is 0 Å². The minimum Gasteiger partial charge on any atom is -0.380 e. The van der Waals surface area contributed by atoms with Crippen molar-refractivity contribution >= 4 is 51.2 Å². The molecule has 1 fully saturated rings. The number of hydrogen-bond acceptors (Lipinski definition) is 6. The summed E-state index contributed by atoms with van der Waals surface area (Å²) in [5.41, 5.74) is 10.5. The molecule has 1 amide bonds. The van der Waals surface area contributed by atoms with Crippen molar-refractivity contribution in [1.29, 1.82) is 0 Å². The first-order chi connectivity index (χ1) is 18.6. The van der Waals surface area contributed by atoms with Gasteiger partial charge in [0.2, 0.25) is 0 Å². The molecular weight excluding hydrogens is 494 g/mol. The van der Waals surface area contributed by atoms with Crippen molar-refractivity contribution in [2.24, 2.45) is 10.7 Å². The SMILES string of the molecule is CN1CCCC1CCN=C(N)Nc1cccc(NC(=O)c2sccc2NCc2ccnc3ccccc23)c1. The Balaban J connectivity index is 1.18. The van der Waals surface area contributed by atoms with Gasteiger partial charge in [0.05, 0.1) is 11.2 Å². The normalized spacial score (nSPS) is 16.0. The summed E-state index contributed by atoms with van der Waals surface area (Å²) >= 11 is 1.40. The number of hydrogen-bond donors (Lipinski definition) is 4. The molecule has 0 radical (unpaired) electrons. The van der Waals surface area contributed by atoms with E-state index in [-0.39, 0.29) is 5.91 Å². The van der Waals surface area contributed by atoms with Gasteiger partial charge in [-0.1, -0.05) is 24.3 Å². The Labute approximate surface area is 227 Å². The molecule has 0 bridgehead atoms. The van der Waals surface area contributed by atoms with E-state index in [0.29, 0.717) is 35.7 Å². The number of fused-ring (bicyclic) bond motifs is 1. The molecule has 38 heavy (non-hydrogen) atoms. The summed E-state index contributed by atoms with van der Waals surface area (Å²) in [6, 6.07) is 20.1. The molecule has 1 atom stereocenters. The Morgan fingerprint density at radius 2 is 1.97 bits per heavy atom. The number of anilines is 3. The lowest BCUT2D eigenvalue weighted by atomic mass is 10.1. The topological polar surface area (TPSA) is 108 Å². The van der Waals surface area contributed by atoms with Crippen molar-refractivity contribution in [3.05, 3.63) is 82.7 Å². The van der Waals surface area contributed by atoms with Crippen molar-refractivity contribution in [2.45, 2.75) is 31.8 Å².